The highest BCUT2D eigenvalue weighted by atomic mass is 32.1. The maximum absolute atomic E-state index is 11.9. The van der Waals surface area contributed by atoms with Gasteiger partial charge in [-0.15, -0.1) is 11.3 Å². The van der Waals surface area contributed by atoms with Crippen LogP contribution in [0.4, 0.5) is 5.13 Å². The van der Waals surface area contributed by atoms with Crippen molar-refractivity contribution in [2.45, 2.75) is 39.7 Å². The van der Waals surface area contributed by atoms with Crippen LogP contribution < -0.4 is 5.32 Å². The molecular formula is C16H24N4O2S. The van der Waals surface area contributed by atoms with Gasteiger partial charge in [0, 0.05) is 24.2 Å². The molecule has 0 saturated carbocycles. The molecule has 1 atom stereocenters. The highest BCUT2D eigenvalue weighted by Gasteiger charge is 2.10. The number of rotatable bonds is 8. The van der Waals surface area contributed by atoms with Crippen molar-refractivity contribution in [3.8, 4) is 11.3 Å². The van der Waals surface area contributed by atoms with Crippen molar-refractivity contribution in [2.75, 3.05) is 11.9 Å². The summed E-state index contributed by atoms with van der Waals surface area (Å²) in [6, 6.07) is 0. The van der Waals surface area contributed by atoms with Gasteiger partial charge in [0.15, 0.2) is 5.13 Å². The average molecular weight is 336 g/mol. The number of nitrogens with zero attached hydrogens (tertiary/aromatic N) is 3. The number of nitrogens with one attached hydrogen (secondary N) is 1. The summed E-state index contributed by atoms with van der Waals surface area (Å²) in [4.78, 5) is 16.3. The fraction of sp³-hybridized carbons (Fsp3) is 0.562. The molecule has 0 aliphatic carbocycles. The Morgan fingerprint density at radius 2 is 2.22 bits per heavy atom. The van der Waals surface area contributed by atoms with Crippen molar-refractivity contribution < 1.29 is 9.53 Å². The summed E-state index contributed by atoms with van der Waals surface area (Å²) in [5.41, 5.74) is 1.76. The van der Waals surface area contributed by atoms with Crippen LogP contribution in [0.2, 0.25) is 0 Å². The third kappa shape index (κ3) is 5.76. The van der Waals surface area contributed by atoms with Crippen molar-refractivity contribution in [3.05, 3.63) is 17.8 Å². The third-order valence-electron chi connectivity index (χ3n) is 3.29. The molecule has 0 aliphatic rings. The van der Waals surface area contributed by atoms with E-state index in [-0.39, 0.29) is 12.0 Å². The number of aromatic nitrogens is 3. The molecule has 2 heterocycles. The first-order valence-corrected chi connectivity index (χ1v) is 8.68. The highest BCUT2D eigenvalue weighted by molar-refractivity contribution is 7.14. The lowest BCUT2D eigenvalue weighted by Gasteiger charge is -2.14. The number of hydrogen-bond donors (Lipinski definition) is 1. The van der Waals surface area contributed by atoms with Crippen LogP contribution in [0, 0.1) is 5.92 Å². The zero-order valence-corrected chi connectivity index (χ0v) is 14.9. The topological polar surface area (TPSA) is 69.0 Å². The van der Waals surface area contributed by atoms with Crippen LogP contribution in [-0.2, 0) is 16.6 Å². The fourth-order valence-electron chi connectivity index (χ4n) is 2.28. The number of aryl methyl sites for hydroxylation is 1. The molecule has 2 rings (SSSR count). The largest absolute Gasteiger partial charge is 0.378 e. The number of carbonyl (C=O) groups is 1. The predicted octanol–water partition coefficient (Wildman–Crippen LogP) is 3.32. The van der Waals surface area contributed by atoms with E-state index in [2.05, 4.69) is 29.2 Å². The molecule has 0 saturated heterocycles. The van der Waals surface area contributed by atoms with Gasteiger partial charge in [0.25, 0.3) is 0 Å². The smallest absolute Gasteiger partial charge is 0.228 e. The Labute approximate surface area is 140 Å². The van der Waals surface area contributed by atoms with Crippen molar-refractivity contribution >= 4 is 22.4 Å². The van der Waals surface area contributed by atoms with Crippen molar-refractivity contribution in [1.82, 2.24) is 14.8 Å². The number of amides is 1. The van der Waals surface area contributed by atoms with Gasteiger partial charge in [-0.2, -0.15) is 5.10 Å². The zero-order valence-electron chi connectivity index (χ0n) is 14.1. The molecule has 0 aromatic carbocycles. The summed E-state index contributed by atoms with van der Waals surface area (Å²) in [5, 5.41) is 9.44. The van der Waals surface area contributed by atoms with Gasteiger partial charge in [-0.3, -0.25) is 9.48 Å². The van der Waals surface area contributed by atoms with Gasteiger partial charge in [0.05, 0.1) is 31.0 Å². The maximum atomic E-state index is 11.9. The molecule has 1 N–H and O–H groups in total. The molecule has 7 heteroatoms. The molecule has 23 heavy (non-hydrogen) atoms. The van der Waals surface area contributed by atoms with E-state index in [4.69, 9.17) is 4.74 Å². The van der Waals surface area contributed by atoms with E-state index in [9.17, 15) is 4.79 Å². The lowest BCUT2D eigenvalue weighted by atomic mass is 10.1. The van der Waals surface area contributed by atoms with E-state index in [0.29, 0.717) is 24.1 Å². The SMILES string of the molecule is CC(C)CC(C)OCCC(=O)Nc1nc(-c2cnn(C)c2)cs1. The van der Waals surface area contributed by atoms with Crippen LogP contribution in [0.1, 0.15) is 33.6 Å². The van der Waals surface area contributed by atoms with Crippen LogP contribution in [0.5, 0.6) is 0 Å². The van der Waals surface area contributed by atoms with Gasteiger partial charge in [0.1, 0.15) is 0 Å². The quantitative estimate of drug-likeness (QED) is 0.803. The lowest BCUT2D eigenvalue weighted by Crippen LogP contribution is -2.17. The number of anilines is 1. The van der Waals surface area contributed by atoms with Crippen molar-refractivity contribution in [2.24, 2.45) is 13.0 Å². The minimum absolute atomic E-state index is 0.0752. The number of thiazole rings is 1. The van der Waals surface area contributed by atoms with E-state index in [0.717, 1.165) is 17.7 Å². The van der Waals surface area contributed by atoms with Gasteiger partial charge < -0.3 is 10.1 Å². The molecule has 0 radical (unpaired) electrons. The van der Waals surface area contributed by atoms with E-state index in [1.54, 1.807) is 10.9 Å². The van der Waals surface area contributed by atoms with Gasteiger partial charge in [-0.1, -0.05) is 13.8 Å². The predicted molar refractivity (Wildman–Crippen MR) is 92.4 cm³/mol. The first-order chi connectivity index (χ1) is 10.9. The molecule has 1 unspecified atom stereocenters. The summed E-state index contributed by atoms with van der Waals surface area (Å²) in [6.07, 6.45) is 5.17. The molecule has 0 fully saturated rings. The normalized spacial score (nSPS) is 12.6. The second kappa shape index (κ2) is 8.21. The van der Waals surface area contributed by atoms with Crippen LogP contribution in [0.3, 0.4) is 0 Å². The molecule has 2 aromatic rings. The standard InChI is InChI=1S/C16H24N4O2S/c1-11(2)7-12(3)22-6-5-15(21)19-16-18-14(10-23-16)13-8-17-20(4)9-13/h8-12H,5-7H2,1-4H3,(H,18,19,21). The minimum Gasteiger partial charge on any atom is -0.378 e. The van der Waals surface area contributed by atoms with Gasteiger partial charge in [-0.25, -0.2) is 4.98 Å². The van der Waals surface area contributed by atoms with Crippen molar-refractivity contribution in [1.29, 1.82) is 0 Å². The van der Waals surface area contributed by atoms with Gasteiger partial charge in [-0.05, 0) is 19.3 Å². The van der Waals surface area contributed by atoms with E-state index >= 15 is 0 Å². The second-order valence-electron chi connectivity index (χ2n) is 6.05. The molecule has 126 valence electrons. The number of hydrogen-bond acceptors (Lipinski definition) is 5. The number of ether oxygens (including phenoxy) is 1. The minimum atomic E-state index is -0.0752. The third-order valence-corrected chi connectivity index (χ3v) is 4.04. The second-order valence-corrected chi connectivity index (χ2v) is 6.91. The van der Waals surface area contributed by atoms with Crippen LogP contribution in [0.15, 0.2) is 17.8 Å². The zero-order chi connectivity index (χ0) is 16.8. The van der Waals surface area contributed by atoms with Crippen LogP contribution in [-0.4, -0.2) is 33.4 Å². The summed E-state index contributed by atoms with van der Waals surface area (Å²) in [7, 11) is 1.86. The summed E-state index contributed by atoms with van der Waals surface area (Å²) in [6.45, 7) is 6.79. The first-order valence-electron chi connectivity index (χ1n) is 7.80. The Balaban J connectivity index is 1.76. The van der Waals surface area contributed by atoms with E-state index in [1.807, 2.05) is 25.5 Å². The summed E-state index contributed by atoms with van der Waals surface area (Å²) in [5.74, 6) is 0.522. The van der Waals surface area contributed by atoms with Crippen LogP contribution in [0.25, 0.3) is 11.3 Å². The molecule has 1 amide bonds. The van der Waals surface area contributed by atoms with Crippen molar-refractivity contribution in [3.63, 3.8) is 0 Å². The van der Waals surface area contributed by atoms with Gasteiger partial charge >= 0.3 is 0 Å². The Hall–Kier alpha value is -1.73. The maximum Gasteiger partial charge on any atom is 0.228 e. The number of carbonyl (C=O) groups excluding carboxylic acids is 1. The molecule has 0 bridgehead atoms. The van der Waals surface area contributed by atoms with Gasteiger partial charge in [0.2, 0.25) is 5.91 Å². The fourth-order valence-corrected chi connectivity index (χ4v) is 3.02. The Morgan fingerprint density at radius 3 is 2.87 bits per heavy atom. The van der Waals surface area contributed by atoms with E-state index in [1.165, 1.54) is 11.3 Å². The average Bonchev–Trinajstić information content (AvgIpc) is 3.06. The summed E-state index contributed by atoms with van der Waals surface area (Å²) >= 11 is 1.41. The Morgan fingerprint density at radius 1 is 1.43 bits per heavy atom. The molecule has 6 nitrogen and oxygen atoms in total. The molecule has 0 aliphatic heterocycles. The first kappa shape index (κ1) is 17.6. The lowest BCUT2D eigenvalue weighted by molar-refractivity contribution is -0.117. The molecule has 0 spiro atoms. The van der Waals surface area contributed by atoms with Crippen LogP contribution >= 0.6 is 11.3 Å². The summed E-state index contributed by atoms with van der Waals surface area (Å²) < 4.78 is 7.37. The highest BCUT2D eigenvalue weighted by Crippen LogP contribution is 2.24. The molecule has 2 aromatic heterocycles. The van der Waals surface area contributed by atoms with E-state index < -0.39 is 0 Å². The Kier molecular flexibility index (Phi) is 6.29. The molecular weight excluding hydrogens is 312 g/mol. The monoisotopic (exact) mass is 336 g/mol. The Bertz CT molecular complexity index is 636.